The number of amides is 1. The number of aliphatic hydroxyl groups is 5. The molecule has 0 aliphatic carbocycles. The van der Waals surface area contributed by atoms with Crippen molar-refractivity contribution < 1.29 is 39.8 Å². The number of hydrogen-bond acceptors (Lipinski definition) is 8. The summed E-state index contributed by atoms with van der Waals surface area (Å²) in [5, 5.41) is 52.3. The number of rotatable bonds is 15. The maximum absolute atomic E-state index is 11.9. The zero-order chi connectivity index (χ0) is 24.6. The molecule has 1 rings (SSSR count). The summed E-state index contributed by atoms with van der Waals surface area (Å²) in [6, 6.07) is -0.818. The molecule has 0 bridgehead atoms. The summed E-state index contributed by atoms with van der Waals surface area (Å²) in [6.07, 6.45) is 8.66. The molecule has 1 fully saturated rings. The Kier molecular flexibility index (Phi) is 15.1. The van der Waals surface area contributed by atoms with E-state index in [4.69, 9.17) is 9.47 Å². The Morgan fingerprint density at radius 2 is 1.58 bits per heavy atom. The van der Waals surface area contributed by atoms with Crippen molar-refractivity contribution in [1.82, 2.24) is 5.32 Å². The summed E-state index contributed by atoms with van der Waals surface area (Å²) in [4.78, 5) is 11.9. The van der Waals surface area contributed by atoms with Crippen LogP contribution in [0.3, 0.4) is 0 Å². The number of nitrogens with one attached hydrogen (secondary N) is 1. The highest BCUT2D eigenvalue weighted by atomic mass is 16.7. The van der Waals surface area contributed by atoms with Crippen molar-refractivity contribution >= 4 is 5.91 Å². The van der Waals surface area contributed by atoms with Gasteiger partial charge in [0.05, 0.1) is 25.4 Å². The van der Waals surface area contributed by atoms with E-state index in [2.05, 4.69) is 36.5 Å². The molecule has 7 atom stereocenters. The molecule has 6 N–H and O–H groups in total. The van der Waals surface area contributed by atoms with Crippen LogP contribution < -0.4 is 5.32 Å². The van der Waals surface area contributed by atoms with Gasteiger partial charge in [0.1, 0.15) is 24.4 Å². The van der Waals surface area contributed by atoms with Gasteiger partial charge in [0.2, 0.25) is 5.91 Å². The highest BCUT2D eigenvalue weighted by Crippen LogP contribution is 2.22. The lowest BCUT2D eigenvalue weighted by molar-refractivity contribution is -0.302. The molecular formula is C24H41NO8. The topological polar surface area (TPSA) is 149 Å². The van der Waals surface area contributed by atoms with Gasteiger partial charge >= 0.3 is 0 Å². The Morgan fingerprint density at radius 3 is 2.15 bits per heavy atom. The zero-order valence-electron chi connectivity index (χ0n) is 19.6. The highest BCUT2D eigenvalue weighted by molar-refractivity contribution is 5.75. The number of carbonyl (C=O) groups excluding carboxylic acids is 1. The Labute approximate surface area is 196 Å². The van der Waals surface area contributed by atoms with E-state index in [9.17, 15) is 30.3 Å². The van der Waals surface area contributed by atoms with Gasteiger partial charge in [0, 0.05) is 6.42 Å². The van der Waals surface area contributed by atoms with Crippen molar-refractivity contribution in [3.8, 4) is 0 Å². The van der Waals surface area contributed by atoms with Crippen LogP contribution in [-0.2, 0) is 14.3 Å². The highest BCUT2D eigenvalue weighted by Gasteiger charge is 2.44. The van der Waals surface area contributed by atoms with Crippen molar-refractivity contribution in [2.75, 3.05) is 13.2 Å². The van der Waals surface area contributed by atoms with Gasteiger partial charge < -0.3 is 40.3 Å². The molecule has 0 spiro atoms. The van der Waals surface area contributed by atoms with E-state index in [1.807, 2.05) is 6.08 Å². The Bertz CT molecular complexity index is 622. The molecule has 7 unspecified atom stereocenters. The average Bonchev–Trinajstić information content (AvgIpc) is 2.82. The minimum absolute atomic E-state index is 0.214. The lowest BCUT2D eigenvalue weighted by Gasteiger charge is -2.40. The van der Waals surface area contributed by atoms with Crippen LogP contribution in [0, 0.1) is 0 Å². The first kappa shape index (κ1) is 29.4. The van der Waals surface area contributed by atoms with Crippen LogP contribution in [0.5, 0.6) is 0 Å². The molecule has 33 heavy (non-hydrogen) atoms. The van der Waals surface area contributed by atoms with E-state index in [1.165, 1.54) is 0 Å². The number of aliphatic hydroxyl groups excluding tert-OH is 5. The van der Waals surface area contributed by atoms with Gasteiger partial charge in [0.25, 0.3) is 0 Å². The molecule has 1 saturated heterocycles. The number of unbranched alkanes of at least 4 members (excludes halogenated alkanes) is 2. The molecule has 1 amide bonds. The molecule has 0 radical (unpaired) electrons. The normalized spacial score (nSPS) is 28.0. The molecule has 0 aromatic heterocycles. The molecule has 190 valence electrons. The van der Waals surface area contributed by atoms with Crippen molar-refractivity contribution in [3.05, 3.63) is 36.5 Å². The summed E-state index contributed by atoms with van der Waals surface area (Å²) in [7, 11) is 0. The Hall–Kier alpha value is -1.59. The largest absolute Gasteiger partial charge is 0.394 e. The van der Waals surface area contributed by atoms with Crippen LogP contribution in [0.4, 0.5) is 0 Å². The fourth-order valence-corrected chi connectivity index (χ4v) is 3.21. The maximum Gasteiger partial charge on any atom is 0.220 e. The summed E-state index contributed by atoms with van der Waals surface area (Å²) in [6.45, 7) is 2.99. The van der Waals surface area contributed by atoms with Gasteiger partial charge in [-0.3, -0.25) is 4.79 Å². The molecular weight excluding hydrogens is 430 g/mol. The van der Waals surface area contributed by atoms with E-state index in [-0.39, 0.29) is 18.9 Å². The van der Waals surface area contributed by atoms with E-state index < -0.39 is 49.5 Å². The summed E-state index contributed by atoms with van der Waals surface area (Å²) in [5.41, 5.74) is 0. The number of ether oxygens (including phenoxy) is 2. The maximum atomic E-state index is 11.9. The van der Waals surface area contributed by atoms with E-state index >= 15 is 0 Å². The van der Waals surface area contributed by atoms with E-state index in [0.29, 0.717) is 0 Å². The lowest BCUT2D eigenvalue weighted by atomic mass is 9.99. The van der Waals surface area contributed by atoms with Gasteiger partial charge in [-0.25, -0.2) is 0 Å². The summed E-state index contributed by atoms with van der Waals surface area (Å²) >= 11 is 0. The first-order chi connectivity index (χ1) is 15.8. The predicted octanol–water partition coefficient (Wildman–Crippen LogP) is 0.698. The zero-order valence-corrected chi connectivity index (χ0v) is 19.6. The monoisotopic (exact) mass is 471 g/mol. The molecule has 1 heterocycles. The second-order valence-corrected chi connectivity index (χ2v) is 7.98. The number of hydrogen-bond donors (Lipinski definition) is 6. The van der Waals surface area contributed by atoms with Crippen LogP contribution in [0.15, 0.2) is 36.5 Å². The van der Waals surface area contributed by atoms with Gasteiger partial charge in [0.15, 0.2) is 6.29 Å². The van der Waals surface area contributed by atoms with Crippen LogP contribution in [-0.4, -0.2) is 87.5 Å². The van der Waals surface area contributed by atoms with Gasteiger partial charge in [-0.15, -0.1) is 0 Å². The van der Waals surface area contributed by atoms with Crippen LogP contribution in [0.1, 0.15) is 52.4 Å². The predicted molar refractivity (Wildman–Crippen MR) is 124 cm³/mol. The van der Waals surface area contributed by atoms with Gasteiger partial charge in [-0.1, -0.05) is 50.3 Å². The Morgan fingerprint density at radius 1 is 0.970 bits per heavy atom. The smallest absolute Gasteiger partial charge is 0.220 e. The number of allylic oxidation sites excluding steroid dienone is 5. The average molecular weight is 472 g/mol. The van der Waals surface area contributed by atoms with Crippen LogP contribution in [0.2, 0.25) is 0 Å². The first-order valence-electron chi connectivity index (χ1n) is 11.7. The minimum Gasteiger partial charge on any atom is -0.394 e. The standard InChI is InChI=1S/C24H41NO8/c1-3-5-6-7-8-9-10-11-12-13-14-18(27)17(25-20(28)4-2)16-32-24-23(31)22(30)21(29)19(15-26)33-24/h5-6,9-10,13-14,17-19,21-24,26-27,29-31H,3-4,7-8,11-12,15-16H2,1-2H3,(H,25,28)/b6-5+,10-9+,14-13+. The minimum atomic E-state index is -1.56. The van der Waals surface area contributed by atoms with Crippen molar-refractivity contribution in [2.24, 2.45) is 0 Å². The van der Waals surface area contributed by atoms with E-state index in [0.717, 1.165) is 32.1 Å². The second-order valence-electron chi connectivity index (χ2n) is 7.98. The molecule has 9 heteroatoms. The third-order valence-corrected chi connectivity index (χ3v) is 5.27. The third-order valence-electron chi connectivity index (χ3n) is 5.27. The molecule has 0 saturated carbocycles. The van der Waals surface area contributed by atoms with Crippen molar-refractivity contribution in [3.63, 3.8) is 0 Å². The van der Waals surface area contributed by atoms with Crippen molar-refractivity contribution in [2.45, 2.75) is 95.2 Å². The lowest BCUT2D eigenvalue weighted by Crippen LogP contribution is -2.60. The Balaban J connectivity index is 2.57. The molecule has 0 aromatic rings. The van der Waals surface area contributed by atoms with Crippen molar-refractivity contribution in [1.29, 1.82) is 0 Å². The van der Waals surface area contributed by atoms with Crippen LogP contribution in [0.25, 0.3) is 0 Å². The van der Waals surface area contributed by atoms with E-state index in [1.54, 1.807) is 13.0 Å². The SMILES string of the molecule is CC/C=C/CC/C=C/CC/C=C/C(O)C(COC1OC(CO)C(O)C(O)C1O)NC(=O)CC. The fraction of sp³-hybridized carbons (Fsp3) is 0.708. The second kappa shape index (κ2) is 16.9. The summed E-state index contributed by atoms with van der Waals surface area (Å²) in [5.74, 6) is -0.287. The third kappa shape index (κ3) is 10.9. The molecule has 1 aliphatic rings. The molecule has 1 aliphatic heterocycles. The summed E-state index contributed by atoms with van der Waals surface area (Å²) < 4.78 is 10.8. The first-order valence-corrected chi connectivity index (χ1v) is 11.7. The van der Waals surface area contributed by atoms with Gasteiger partial charge in [-0.2, -0.15) is 0 Å². The van der Waals surface area contributed by atoms with Gasteiger partial charge in [-0.05, 0) is 32.1 Å². The quantitative estimate of drug-likeness (QED) is 0.151. The molecule has 0 aromatic carbocycles. The number of carbonyl (C=O) groups is 1. The van der Waals surface area contributed by atoms with Crippen LogP contribution >= 0.6 is 0 Å². The molecule has 9 nitrogen and oxygen atoms in total. The fourth-order valence-electron chi connectivity index (χ4n) is 3.21.